The number of ether oxygens (including phenoxy) is 1. The summed E-state index contributed by atoms with van der Waals surface area (Å²) in [6.07, 6.45) is 1.03. The molecule has 2 aromatic rings. The first-order valence-electron chi connectivity index (χ1n) is 6.89. The maximum absolute atomic E-state index is 5.74. The van der Waals surface area contributed by atoms with Crippen molar-refractivity contribution in [2.45, 2.75) is 24.8 Å². The first-order valence-corrected chi connectivity index (χ1v) is 7.88. The lowest BCUT2D eigenvalue weighted by molar-refractivity contribution is 0.318. The van der Waals surface area contributed by atoms with Gasteiger partial charge in [-0.1, -0.05) is 29.8 Å². The van der Waals surface area contributed by atoms with E-state index in [-0.39, 0.29) is 0 Å². The third-order valence-corrected chi connectivity index (χ3v) is 4.08. The van der Waals surface area contributed by atoms with Crippen LogP contribution in [0.4, 0.5) is 0 Å². The molecule has 0 radical (unpaired) electrons. The van der Waals surface area contributed by atoms with Crippen molar-refractivity contribution in [1.29, 1.82) is 0 Å². The molecule has 0 aliphatic carbocycles. The van der Waals surface area contributed by atoms with Gasteiger partial charge in [0.2, 0.25) is 0 Å². The minimum atomic E-state index is 0.556. The molecule has 0 spiro atoms. The van der Waals surface area contributed by atoms with Crippen LogP contribution in [0.15, 0.2) is 53.4 Å². The summed E-state index contributed by atoms with van der Waals surface area (Å²) in [4.78, 5) is 1.32. The fourth-order valence-corrected chi connectivity index (χ4v) is 2.66. The molecule has 0 aromatic heterocycles. The van der Waals surface area contributed by atoms with E-state index in [4.69, 9.17) is 10.5 Å². The fourth-order valence-electron chi connectivity index (χ4n) is 1.84. The fraction of sp³-hybridized carbons (Fsp3) is 0.294. The van der Waals surface area contributed by atoms with Crippen molar-refractivity contribution in [3.63, 3.8) is 0 Å². The highest BCUT2D eigenvalue weighted by atomic mass is 32.2. The minimum absolute atomic E-state index is 0.556. The average Bonchev–Trinajstić information content (AvgIpc) is 2.49. The number of thioether (sulfide) groups is 1. The first kappa shape index (κ1) is 14.9. The van der Waals surface area contributed by atoms with E-state index >= 15 is 0 Å². The smallest absolute Gasteiger partial charge is 0.119 e. The Morgan fingerprint density at radius 2 is 1.90 bits per heavy atom. The van der Waals surface area contributed by atoms with Crippen LogP contribution in [0.3, 0.4) is 0 Å². The molecule has 0 bridgehead atoms. The molecule has 0 aliphatic rings. The van der Waals surface area contributed by atoms with Crippen LogP contribution < -0.4 is 10.5 Å². The number of aryl methyl sites for hydroxylation is 1. The van der Waals surface area contributed by atoms with Gasteiger partial charge in [0.05, 0.1) is 6.61 Å². The van der Waals surface area contributed by atoms with Crippen molar-refractivity contribution in [2.24, 2.45) is 5.73 Å². The van der Waals surface area contributed by atoms with Gasteiger partial charge in [-0.15, -0.1) is 11.8 Å². The Labute approximate surface area is 125 Å². The van der Waals surface area contributed by atoms with Crippen LogP contribution in [0.5, 0.6) is 5.75 Å². The largest absolute Gasteiger partial charge is 0.494 e. The van der Waals surface area contributed by atoms with E-state index in [1.165, 1.54) is 10.5 Å². The molecule has 2 aromatic carbocycles. The second-order valence-corrected chi connectivity index (χ2v) is 5.88. The average molecular weight is 287 g/mol. The highest BCUT2D eigenvalue weighted by molar-refractivity contribution is 7.99. The van der Waals surface area contributed by atoms with E-state index in [0.717, 1.165) is 30.1 Å². The number of nitrogens with two attached hydrogens (primary N) is 1. The molecule has 106 valence electrons. The lowest BCUT2D eigenvalue weighted by Crippen LogP contribution is -2.00. The van der Waals surface area contributed by atoms with Crippen LogP contribution in [0.25, 0.3) is 0 Å². The standard InChI is InChI=1S/C17H21NOS/c1-14-6-8-17(9-7-14)20-11-3-10-19-16-5-2-4-15(12-16)13-18/h2,4-9,12H,3,10-11,13,18H2,1H3. The van der Waals surface area contributed by atoms with Crippen LogP contribution in [-0.4, -0.2) is 12.4 Å². The van der Waals surface area contributed by atoms with Crippen molar-refractivity contribution < 1.29 is 4.74 Å². The lowest BCUT2D eigenvalue weighted by Gasteiger charge is -2.07. The van der Waals surface area contributed by atoms with E-state index < -0.39 is 0 Å². The molecular formula is C17H21NOS. The Balaban J connectivity index is 1.67. The quantitative estimate of drug-likeness (QED) is 0.617. The summed E-state index contributed by atoms with van der Waals surface area (Å²) in [5.41, 5.74) is 8.02. The summed E-state index contributed by atoms with van der Waals surface area (Å²) in [5.74, 6) is 1.98. The summed E-state index contributed by atoms with van der Waals surface area (Å²) in [7, 11) is 0. The molecule has 0 atom stereocenters. The molecular weight excluding hydrogens is 266 g/mol. The first-order chi connectivity index (χ1) is 9.78. The van der Waals surface area contributed by atoms with Gasteiger partial charge in [0.1, 0.15) is 5.75 Å². The lowest BCUT2D eigenvalue weighted by atomic mass is 10.2. The van der Waals surface area contributed by atoms with E-state index in [1.807, 2.05) is 36.0 Å². The molecule has 0 fully saturated rings. The highest BCUT2D eigenvalue weighted by Gasteiger charge is 1.97. The molecule has 0 saturated heterocycles. The zero-order valence-corrected chi connectivity index (χ0v) is 12.7. The van der Waals surface area contributed by atoms with Gasteiger partial charge in [0.25, 0.3) is 0 Å². The van der Waals surface area contributed by atoms with Crippen LogP contribution in [0, 0.1) is 6.92 Å². The molecule has 0 heterocycles. The number of hydrogen-bond donors (Lipinski definition) is 1. The van der Waals surface area contributed by atoms with Gasteiger partial charge in [0.15, 0.2) is 0 Å². The topological polar surface area (TPSA) is 35.2 Å². The summed E-state index contributed by atoms with van der Waals surface area (Å²) < 4.78 is 5.74. The SMILES string of the molecule is Cc1ccc(SCCCOc2cccc(CN)c2)cc1. The summed E-state index contributed by atoms with van der Waals surface area (Å²) in [6, 6.07) is 16.6. The van der Waals surface area contributed by atoms with E-state index in [9.17, 15) is 0 Å². The van der Waals surface area contributed by atoms with Crippen LogP contribution in [-0.2, 0) is 6.54 Å². The van der Waals surface area contributed by atoms with Crippen LogP contribution in [0.2, 0.25) is 0 Å². The van der Waals surface area contributed by atoms with Gasteiger partial charge in [-0.2, -0.15) is 0 Å². The Hall–Kier alpha value is -1.45. The van der Waals surface area contributed by atoms with E-state index in [1.54, 1.807) is 0 Å². The summed E-state index contributed by atoms with van der Waals surface area (Å²) in [6.45, 7) is 3.41. The normalized spacial score (nSPS) is 10.5. The number of rotatable bonds is 7. The van der Waals surface area contributed by atoms with Gasteiger partial charge in [-0.3, -0.25) is 0 Å². The van der Waals surface area contributed by atoms with Crippen molar-refractivity contribution in [1.82, 2.24) is 0 Å². The van der Waals surface area contributed by atoms with Crippen LogP contribution in [0.1, 0.15) is 17.5 Å². The number of hydrogen-bond acceptors (Lipinski definition) is 3. The predicted octanol–water partition coefficient (Wildman–Crippen LogP) is 4.01. The molecule has 3 heteroatoms. The van der Waals surface area contributed by atoms with Gasteiger partial charge < -0.3 is 10.5 Å². The van der Waals surface area contributed by atoms with Gasteiger partial charge in [-0.05, 0) is 43.2 Å². The van der Waals surface area contributed by atoms with Crippen molar-refractivity contribution >= 4 is 11.8 Å². The molecule has 2 N–H and O–H groups in total. The monoisotopic (exact) mass is 287 g/mol. The minimum Gasteiger partial charge on any atom is -0.494 e. The molecule has 0 amide bonds. The zero-order valence-electron chi connectivity index (χ0n) is 11.8. The van der Waals surface area contributed by atoms with Crippen LogP contribution >= 0.6 is 11.8 Å². The van der Waals surface area contributed by atoms with Crippen molar-refractivity contribution in [2.75, 3.05) is 12.4 Å². The molecule has 20 heavy (non-hydrogen) atoms. The maximum Gasteiger partial charge on any atom is 0.119 e. The molecule has 0 unspecified atom stereocenters. The Bertz CT molecular complexity index is 525. The van der Waals surface area contributed by atoms with Crippen molar-refractivity contribution in [3.8, 4) is 5.75 Å². The molecule has 0 aliphatic heterocycles. The number of benzene rings is 2. The Kier molecular flexibility index (Phi) is 5.96. The van der Waals surface area contributed by atoms with Crippen molar-refractivity contribution in [3.05, 3.63) is 59.7 Å². The molecule has 2 nitrogen and oxygen atoms in total. The summed E-state index contributed by atoms with van der Waals surface area (Å²) >= 11 is 1.87. The maximum atomic E-state index is 5.74. The Morgan fingerprint density at radius 3 is 2.65 bits per heavy atom. The third kappa shape index (κ3) is 4.91. The van der Waals surface area contributed by atoms with E-state index in [2.05, 4.69) is 31.2 Å². The zero-order chi connectivity index (χ0) is 14.2. The van der Waals surface area contributed by atoms with Gasteiger partial charge in [0, 0.05) is 17.2 Å². The summed E-state index contributed by atoms with van der Waals surface area (Å²) in [5, 5.41) is 0. The molecule has 0 saturated carbocycles. The van der Waals surface area contributed by atoms with Gasteiger partial charge >= 0.3 is 0 Å². The highest BCUT2D eigenvalue weighted by Crippen LogP contribution is 2.19. The second kappa shape index (κ2) is 7.98. The second-order valence-electron chi connectivity index (χ2n) is 4.72. The molecule has 2 rings (SSSR count). The predicted molar refractivity (Wildman–Crippen MR) is 86.3 cm³/mol. The van der Waals surface area contributed by atoms with E-state index in [0.29, 0.717) is 6.54 Å². The van der Waals surface area contributed by atoms with Gasteiger partial charge in [-0.25, -0.2) is 0 Å². The third-order valence-electron chi connectivity index (χ3n) is 2.98. The Morgan fingerprint density at radius 1 is 1.10 bits per heavy atom.